The molecule has 1 N–H and O–H groups in total. The largest absolute Gasteiger partial charge is 0.543 e. The third kappa shape index (κ3) is 15.1. The summed E-state index contributed by atoms with van der Waals surface area (Å²) in [5.74, 6) is 2.23. The van der Waals surface area contributed by atoms with Crippen LogP contribution in [0.25, 0.3) is 43.2 Å². The molecule has 1 aliphatic heterocycles. The fraction of sp³-hybridized carbons (Fsp3) is 0.293. The number of rotatable bonds is 26. The zero-order chi connectivity index (χ0) is 67.0. The lowest BCUT2D eigenvalue weighted by Crippen LogP contribution is -2.49. The molecule has 0 radical (unpaired) electrons. The smallest absolute Gasteiger partial charge is 0.345 e. The van der Waals surface area contributed by atoms with Gasteiger partial charge in [0.25, 0.3) is 0 Å². The van der Waals surface area contributed by atoms with E-state index in [9.17, 15) is 14.3 Å². The van der Waals surface area contributed by atoms with Crippen molar-refractivity contribution in [3.05, 3.63) is 221 Å². The molecule has 0 saturated carbocycles. The molecule has 492 valence electrons. The van der Waals surface area contributed by atoms with Crippen molar-refractivity contribution in [1.82, 2.24) is 29.7 Å². The first kappa shape index (κ1) is 67.5. The number of hydrogen-bond donors (Lipinski definition) is 1. The van der Waals surface area contributed by atoms with E-state index in [0.29, 0.717) is 100 Å². The molecule has 0 bridgehead atoms. The lowest BCUT2D eigenvalue weighted by molar-refractivity contribution is -0.145. The van der Waals surface area contributed by atoms with E-state index < -0.39 is 37.9 Å². The van der Waals surface area contributed by atoms with Crippen LogP contribution in [0.4, 0.5) is 4.39 Å². The number of carbonyl (C=O) groups is 1. The number of para-hydroxylation sites is 1. The van der Waals surface area contributed by atoms with Crippen LogP contribution in [0, 0.1) is 12.7 Å². The average Bonchev–Trinajstić information content (AvgIpc) is 1.72. The van der Waals surface area contributed by atoms with Crippen molar-refractivity contribution in [3.63, 3.8) is 0 Å². The topological polar surface area (TPSA) is 169 Å². The Hall–Kier alpha value is -8.95. The van der Waals surface area contributed by atoms with Crippen molar-refractivity contribution in [3.8, 4) is 73.3 Å². The Morgan fingerprint density at radius 3 is 2.01 bits per heavy atom. The Labute approximate surface area is 564 Å². The van der Waals surface area contributed by atoms with Gasteiger partial charge in [-0.1, -0.05) is 117 Å². The molecule has 1 saturated heterocycles. The molecular formula is C75H78ClFN6O10SSi. The zero-order valence-electron chi connectivity index (χ0n) is 55.0. The summed E-state index contributed by atoms with van der Waals surface area (Å²) >= 11 is 9.00. The van der Waals surface area contributed by atoms with Crippen molar-refractivity contribution in [2.75, 3.05) is 67.7 Å². The molecule has 0 aliphatic carbocycles. The number of methoxy groups -OCH3 is 3. The molecule has 0 unspecified atom stereocenters. The number of ether oxygens (including phenoxy) is 7. The minimum atomic E-state index is -2.39. The number of aromatic nitrogens is 4. The predicted octanol–water partition coefficient (Wildman–Crippen LogP) is 15.7. The molecule has 0 spiro atoms. The third-order valence-corrected chi connectivity index (χ3v) is 23.7. The molecule has 7 aromatic carbocycles. The van der Waals surface area contributed by atoms with Crippen LogP contribution in [0.2, 0.25) is 23.2 Å². The highest BCUT2D eigenvalue weighted by atomic mass is 35.5. The Balaban J connectivity index is 0.961. The van der Waals surface area contributed by atoms with E-state index in [0.717, 1.165) is 48.4 Å². The maximum atomic E-state index is 14.8. The summed E-state index contributed by atoms with van der Waals surface area (Å²) in [6.45, 7) is 16.7. The summed E-state index contributed by atoms with van der Waals surface area (Å²) in [5.41, 5.74) is 5.93. The number of nitrogens with zero attached hydrogens (tertiary/aromatic N) is 6. The lowest BCUT2D eigenvalue weighted by atomic mass is 9.80. The van der Waals surface area contributed by atoms with Crippen LogP contribution in [-0.4, -0.2) is 129 Å². The van der Waals surface area contributed by atoms with Gasteiger partial charge in [-0.3, -0.25) is 4.90 Å². The van der Waals surface area contributed by atoms with Crippen LogP contribution in [0.3, 0.4) is 0 Å². The number of piperazine rings is 1. The van der Waals surface area contributed by atoms with E-state index in [1.165, 1.54) is 29.8 Å². The second-order valence-electron chi connectivity index (χ2n) is 25.0. The monoisotopic (exact) mass is 1340 g/mol. The summed E-state index contributed by atoms with van der Waals surface area (Å²) in [6.07, 6.45) is 0.756. The summed E-state index contributed by atoms with van der Waals surface area (Å²) in [4.78, 5) is 38.5. The first-order chi connectivity index (χ1) is 45.7. The second-order valence-corrected chi connectivity index (χ2v) is 31.1. The molecular weight excluding hydrogens is 1260 g/mol. The van der Waals surface area contributed by atoms with Crippen molar-refractivity contribution < 1.29 is 51.9 Å². The first-order valence-electron chi connectivity index (χ1n) is 31.4. The molecule has 20 heteroatoms. The number of halogens is 2. The molecule has 95 heavy (non-hydrogen) atoms. The molecule has 1 fully saturated rings. The number of aliphatic carboxylic acids is 1. The van der Waals surface area contributed by atoms with Gasteiger partial charge in [-0.05, 0) is 144 Å². The fourth-order valence-corrected chi connectivity index (χ4v) is 13.8. The van der Waals surface area contributed by atoms with Gasteiger partial charge < -0.3 is 47.6 Å². The van der Waals surface area contributed by atoms with Gasteiger partial charge in [0.1, 0.15) is 69.8 Å². The number of carboxylic acids is 1. The number of thiophene rings is 1. The van der Waals surface area contributed by atoms with E-state index in [1.807, 2.05) is 122 Å². The molecule has 3 aromatic heterocycles. The van der Waals surface area contributed by atoms with Crippen molar-refractivity contribution >= 4 is 47.4 Å². The highest BCUT2D eigenvalue weighted by Gasteiger charge is 2.41. The van der Waals surface area contributed by atoms with Gasteiger partial charge in [0.2, 0.25) is 20.3 Å². The molecule has 1 aliphatic rings. The quantitative estimate of drug-likeness (QED) is 0.0401. The van der Waals surface area contributed by atoms with Gasteiger partial charge in [-0.15, -0.1) is 11.3 Å². The van der Waals surface area contributed by atoms with E-state index in [4.69, 9.17) is 64.1 Å². The number of hydrogen-bond acceptors (Lipinski definition) is 16. The van der Waals surface area contributed by atoms with Gasteiger partial charge in [0, 0.05) is 61.3 Å². The zero-order valence-corrected chi connectivity index (χ0v) is 57.6. The maximum absolute atomic E-state index is 14.8. The van der Waals surface area contributed by atoms with E-state index in [-0.39, 0.29) is 30.6 Å². The summed E-state index contributed by atoms with van der Waals surface area (Å²) < 4.78 is 66.4. The second kappa shape index (κ2) is 29.4. The predicted molar refractivity (Wildman–Crippen MR) is 373 cm³/mol. The Morgan fingerprint density at radius 2 is 1.36 bits per heavy atom. The van der Waals surface area contributed by atoms with E-state index >= 15 is 0 Å². The maximum Gasteiger partial charge on any atom is 0.345 e. The van der Waals surface area contributed by atoms with Gasteiger partial charge in [0.05, 0.1) is 49.6 Å². The Bertz CT molecular complexity index is 4240. The van der Waals surface area contributed by atoms with Crippen LogP contribution in [-0.2, 0) is 28.2 Å². The van der Waals surface area contributed by atoms with Crippen LogP contribution < -0.4 is 32.8 Å². The summed E-state index contributed by atoms with van der Waals surface area (Å²) in [7, 11) is 4.62. The molecule has 2 atom stereocenters. The number of benzene rings is 7. The van der Waals surface area contributed by atoms with Gasteiger partial charge in [-0.25, -0.2) is 29.1 Å². The summed E-state index contributed by atoms with van der Waals surface area (Å²) in [6, 6.07) is 50.7. The SMILES string of the molecule is COc1ccc(C(OC[C@@H](CN2CCN(C)CC2)Oc2ccc(-c3c(-c4ccc(F)cc4)sc4ncnc(O[C@H](Cc5cc(O[Si](C)(C)C(C)(C)C)ccc5OCc5ccnc(-c6ccccc6OC)n5)C(=O)O)c34)c(C)c2Cl)(c2ccccc2)c2ccc(OC)cc2)cc1. The van der Waals surface area contributed by atoms with Gasteiger partial charge >= 0.3 is 5.97 Å². The minimum Gasteiger partial charge on any atom is -0.543 e. The van der Waals surface area contributed by atoms with Crippen molar-refractivity contribution in [1.29, 1.82) is 0 Å². The lowest BCUT2D eigenvalue weighted by Gasteiger charge is -2.39. The molecule has 16 nitrogen and oxygen atoms in total. The number of fused-ring (bicyclic) bond motifs is 1. The molecule has 0 amide bonds. The highest BCUT2D eigenvalue weighted by Crippen LogP contribution is 2.50. The Morgan fingerprint density at radius 1 is 0.716 bits per heavy atom. The highest BCUT2D eigenvalue weighted by molar-refractivity contribution is 7.22. The van der Waals surface area contributed by atoms with Crippen LogP contribution in [0.5, 0.6) is 40.4 Å². The fourth-order valence-electron chi connectivity index (χ4n) is 11.5. The van der Waals surface area contributed by atoms with Crippen LogP contribution in [0.15, 0.2) is 176 Å². The first-order valence-corrected chi connectivity index (χ1v) is 35.5. The van der Waals surface area contributed by atoms with Crippen LogP contribution >= 0.6 is 22.9 Å². The van der Waals surface area contributed by atoms with Crippen molar-refractivity contribution in [2.45, 2.75) is 76.7 Å². The molecule has 4 heterocycles. The average molecular weight is 1340 g/mol. The summed E-state index contributed by atoms with van der Waals surface area (Å²) in [5, 5.41) is 11.9. The molecule has 10 aromatic rings. The minimum absolute atomic E-state index is 0.0128. The van der Waals surface area contributed by atoms with Crippen molar-refractivity contribution in [2.24, 2.45) is 0 Å². The van der Waals surface area contributed by atoms with Gasteiger partial charge in [0.15, 0.2) is 5.82 Å². The third-order valence-electron chi connectivity index (χ3n) is 17.8. The van der Waals surface area contributed by atoms with E-state index in [2.05, 4.69) is 67.8 Å². The van der Waals surface area contributed by atoms with Gasteiger partial charge in [-0.2, -0.15) is 0 Å². The standard InChI is InChI=1S/C75H78ClFN6O10SSi/c1-48-60(33-35-64(68(48)76)91-59(44-83-40-38-82(5)39-41-83)46-90-75(51-16-12-11-13-17-51,52-22-28-56(86-6)29-23-52)53-24-30-57(87-7)31-25-53)66-67-71(79-47-80-72(67)94-69(66)49-20-26-54(77)27-21-49)92-65(73(84)85)43-50-42-58(93-95(9,10)74(2,3)4)32-34-62(50)89-45-55-36-37-78-70(81-55)61-18-14-15-19-63(61)88-8/h11-37,42,47,59,65H,38-41,43-46H2,1-10H3,(H,84,85)/t59-,65-/m1/s1. The molecule has 11 rings (SSSR count). The normalized spacial score (nSPS) is 13.9. The van der Waals surface area contributed by atoms with E-state index in [1.54, 1.807) is 51.8 Å². The van der Waals surface area contributed by atoms with Crippen LogP contribution in [0.1, 0.15) is 54.3 Å². The Kier molecular flexibility index (Phi) is 20.9. The number of likely N-dealkylation sites (N-methyl/N-ethyl adjacent to an activating group) is 1. The number of carboxylic acid groups (broad SMARTS) is 1.